The average Bonchev–Trinajstić information content (AvgIpc) is 3.32. The Bertz CT molecular complexity index is 1490. The van der Waals surface area contributed by atoms with Crippen LogP contribution in [-0.4, -0.2) is 9.78 Å². The van der Waals surface area contributed by atoms with Gasteiger partial charge in [-0.25, -0.2) is 4.68 Å². The summed E-state index contributed by atoms with van der Waals surface area (Å²) in [4.78, 5) is 0. The molecule has 0 aliphatic heterocycles. The number of hydrogen-bond donors (Lipinski definition) is 0. The van der Waals surface area contributed by atoms with E-state index in [2.05, 4.69) is 115 Å². The molecule has 0 radical (unpaired) electrons. The smallest absolute Gasteiger partial charge is 0.139 e. The first-order valence-corrected chi connectivity index (χ1v) is 12.1. The van der Waals surface area contributed by atoms with Crippen LogP contribution in [0.2, 0.25) is 5.15 Å². The normalized spacial score (nSPS) is 11.6. The van der Waals surface area contributed by atoms with Gasteiger partial charge in [0.25, 0.3) is 0 Å². The van der Waals surface area contributed by atoms with Crippen molar-refractivity contribution < 1.29 is 0 Å². The molecule has 3 heteroatoms. The Morgan fingerprint density at radius 3 is 1.54 bits per heavy atom. The molecule has 0 aliphatic carbocycles. The summed E-state index contributed by atoms with van der Waals surface area (Å²) in [5, 5.41) is 8.13. The van der Waals surface area contributed by atoms with Gasteiger partial charge in [-0.3, -0.25) is 0 Å². The molecule has 0 saturated carbocycles. The van der Waals surface area contributed by atoms with Crippen LogP contribution in [0.3, 0.4) is 0 Å². The van der Waals surface area contributed by atoms with Gasteiger partial charge in [-0.1, -0.05) is 139 Å². The number of nitrogens with zero attached hydrogens (tertiary/aromatic N) is 2. The van der Waals surface area contributed by atoms with Crippen LogP contribution in [-0.2, 0) is 5.54 Å². The van der Waals surface area contributed by atoms with E-state index < -0.39 is 5.54 Å². The summed E-state index contributed by atoms with van der Waals surface area (Å²) in [7, 11) is 0. The molecule has 0 fully saturated rings. The second-order valence-electron chi connectivity index (χ2n) is 8.63. The van der Waals surface area contributed by atoms with Gasteiger partial charge in [-0.2, -0.15) is 5.10 Å². The van der Waals surface area contributed by atoms with Gasteiger partial charge in [0.1, 0.15) is 10.7 Å². The molecule has 0 bridgehead atoms. The summed E-state index contributed by atoms with van der Waals surface area (Å²) >= 11 is 7.05. The maximum atomic E-state index is 7.05. The van der Waals surface area contributed by atoms with Crippen LogP contribution in [0.1, 0.15) is 16.7 Å². The SMILES string of the molecule is Clc1cc(-c2ccc3ccccc3c2)nn1C(c1ccccc1)(c1ccccc1)c1ccccc1. The molecular weight excluding hydrogens is 448 g/mol. The van der Waals surface area contributed by atoms with Crippen molar-refractivity contribution in [2.45, 2.75) is 5.54 Å². The van der Waals surface area contributed by atoms with Crippen LogP contribution < -0.4 is 0 Å². The monoisotopic (exact) mass is 470 g/mol. The summed E-state index contributed by atoms with van der Waals surface area (Å²) in [6.07, 6.45) is 0. The predicted octanol–water partition coefficient (Wildman–Crippen LogP) is 8.20. The third-order valence-corrected chi connectivity index (χ3v) is 6.87. The van der Waals surface area contributed by atoms with Crippen LogP contribution in [0, 0.1) is 0 Å². The lowest BCUT2D eigenvalue weighted by Gasteiger charge is -2.36. The number of rotatable bonds is 5. The molecule has 2 nitrogen and oxygen atoms in total. The Labute approximate surface area is 210 Å². The number of halogens is 1. The van der Waals surface area contributed by atoms with Crippen molar-refractivity contribution in [2.75, 3.05) is 0 Å². The minimum absolute atomic E-state index is 0.574. The lowest BCUT2D eigenvalue weighted by Crippen LogP contribution is -2.38. The summed E-state index contributed by atoms with van der Waals surface area (Å²) < 4.78 is 1.97. The fourth-order valence-corrected chi connectivity index (χ4v) is 5.26. The van der Waals surface area contributed by atoms with Gasteiger partial charge in [0.15, 0.2) is 0 Å². The molecule has 0 amide bonds. The van der Waals surface area contributed by atoms with E-state index in [1.54, 1.807) is 0 Å². The number of fused-ring (bicyclic) bond motifs is 1. The Morgan fingerprint density at radius 2 is 1.00 bits per heavy atom. The van der Waals surface area contributed by atoms with Crippen molar-refractivity contribution in [1.29, 1.82) is 0 Å². The summed E-state index contributed by atoms with van der Waals surface area (Å²) in [5.74, 6) is 0. The first-order valence-electron chi connectivity index (χ1n) is 11.7. The lowest BCUT2D eigenvalue weighted by atomic mass is 9.77. The highest BCUT2D eigenvalue weighted by Gasteiger charge is 2.40. The maximum Gasteiger partial charge on any atom is 0.139 e. The third kappa shape index (κ3) is 3.63. The zero-order valence-electron chi connectivity index (χ0n) is 19.1. The van der Waals surface area contributed by atoms with Gasteiger partial charge in [0.05, 0.1) is 5.69 Å². The second-order valence-corrected chi connectivity index (χ2v) is 9.02. The van der Waals surface area contributed by atoms with Crippen LogP contribution >= 0.6 is 11.6 Å². The van der Waals surface area contributed by atoms with Gasteiger partial charge in [-0.05, 0) is 33.5 Å². The molecule has 1 aromatic heterocycles. The molecular formula is C32H23ClN2. The number of benzene rings is 5. The zero-order valence-corrected chi connectivity index (χ0v) is 19.8. The largest absolute Gasteiger partial charge is 0.234 e. The standard InChI is InChI=1S/C32H23ClN2/c33-31-23-30(26-21-20-24-12-10-11-13-25(24)22-26)34-35(31)32(27-14-4-1-5-15-27,28-16-6-2-7-17-28)29-18-8-3-9-19-29/h1-23H. The van der Waals surface area contributed by atoms with Gasteiger partial charge in [0.2, 0.25) is 0 Å². The van der Waals surface area contributed by atoms with Crippen LogP contribution in [0.15, 0.2) is 140 Å². The Morgan fingerprint density at radius 1 is 0.514 bits per heavy atom. The van der Waals surface area contributed by atoms with E-state index in [0.29, 0.717) is 5.15 Å². The summed E-state index contributed by atoms with van der Waals surface area (Å²) in [6, 6.07) is 48.1. The second kappa shape index (κ2) is 8.90. The molecule has 5 aromatic carbocycles. The Balaban J connectivity index is 1.65. The minimum Gasteiger partial charge on any atom is -0.234 e. The lowest BCUT2D eigenvalue weighted by molar-refractivity contribution is 0.462. The van der Waals surface area contributed by atoms with E-state index in [1.165, 1.54) is 10.8 Å². The van der Waals surface area contributed by atoms with Crippen LogP contribution in [0.5, 0.6) is 0 Å². The molecule has 0 aliphatic rings. The molecule has 0 N–H and O–H groups in total. The molecule has 0 unspecified atom stereocenters. The van der Waals surface area contributed by atoms with Gasteiger partial charge < -0.3 is 0 Å². The molecule has 1 heterocycles. The van der Waals surface area contributed by atoms with Crippen LogP contribution in [0.25, 0.3) is 22.0 Å². The predicted molar refractivity (Wildman–Crippen MR) is 145 cm³/mol. The highest BCUT2D eigenvalue weighted by atomic mass is 35.5. The third-order valence-electron chi connectivity index (χ3n) is 6.60. The molecule has 168 valence electrons. The van der Waals surface area contributed by atoms with Crippen molar-refractivity contribution in [2.24, 2.45) is 0 Å². The topological polar surface area (TPSA) is 17.8 Å². The zero-order chi connectivity index (χ0) is 23.7. The number of hydrogen-bond acceptors (Lipinski definition) is 1. The highest BCUT2D eigenvalue weighted by molar-refractivity contribution is 6.30. The molecule has 0 atom stereocenters. The van der Waals surface area contributed by atoms with Crippen molar-refractivity contribution in [3.8, 4) is 11.3 Å². The molecule has 35 heavy (non-hydrogen) atoms. The van der Waals surface area contributed by atoms with E-state index in [9.17, 15) is 0 Å². The van der Waals surface area contributed by atoms with Gasteiger partial charge in [-0.15, -0.1) is 0 Å². The van der Waals surface area contributed by atoms with Gasteiger partial charge in [0, 0.05) is 11.6 Å². The molecule has 6 rings (SSSR count). The average molecular weight is 471 g/mol. The first kappa shape index (κ1) is 21.4. The van der Waals surface area contributed by atoms with Crippen molar-refractivity contribution in [3.05, 3.63) is 161 Å². The number of aromatic nitrogens is 2. The Kier molecular flexibility index (Phi) is 5.44. The van der Waals surface area contributed by atoms with E-state index >= 15 is 0 Å². The highest BCUT2D eigenvalue weighted by Crippen LogP contribution is 2.43. The van der Waals surface area contributed by atoms with Crippen LogP contribution in [0.4, 0.5) is 0 Å². The van der Waals surface area contributed by atoms with E-state index in [-0.39, 0.29) is 0 Å². The van der Waals surface area contributed by atoms with E-state index in [4.69, 9.17) is 16.7 Å². The van der Waals surface area contributed by atoms with Crippen molar-refractivity contribution in [3.63, 3.8) is 0 Å². The maximum absolute atomic E-state index is 7.05. The minimum atomic E-state index is -0.740. The summed E-state index contributed by atoms with van der Waals surface area (Å²) in [6.45, 7) is 0. The Hall–Kier alpha value is -4.14. The molecule has 0 spiro atoms. The van der Waals surface area contributed by atoms with E-state index in [0.717, 1.165) is 27.9 Å². The van der Waals surface area contributed by atoms with Crippen molar-refractivity contribution in [1.82, 2.24) is 9.78 Å². The quantitative estimate of drug-likeness (QED) is 0.232. The van der Waals surface area contributed by atoms with E-state index in [1.807, 2.05) is 28.9 Å². The summed E-state index contributed by atoms with van der Waals surface area (Å²) in [5.41, 5.74) is 4.41. The molecule has 0 saturated heterocycles. The fraction of sp³-hybridized carbons (Fsp3) is 0.0312. The van der Waals surface area contributed by atoms with Crippen molar-refractivity contribution >= 4 is 22.4 Å². The first-order chi connectivity index (χ1) is 17.3. The fourth-order valence-electron chi connectivity index (χ4n) is 4.99. The van der Waals surface area contributed by atoms with Gasteiger partial charge >= 0.3 is 0 Å². The molecule has 6 aromatic rings.